The first kappa shape index (κ1) is 61.0. The molecule has 0 amide bonds. The Morgan fingerprint density at radius 3 is 0.627 bits per heavy atom. The summed E-state index contributed by atoms with van der Waals surface area (Å²) in [5.41, 5.74) is -12.4. The van der Waals surface area contributed by atoms with Crippen molar-refractivity contribution in [3.05, 3.63) is 4.13 Å². The summed E-state index contributed by atoms with van der Waals surface area (Å²) in [6.07, 6.45) is 58.3. The topological polar surface area (TPSA) is 82.4 Å². The van der Waals surface area contributed by atoms with Crippen LogP contribution in [0, 0.1) is 0 Å². The Bertz CT molecular complexity index is 1030. The van der Waals surface area contributed by atoms with Crippen molar-refractivity contribution in [2.75, 3.05) is 25.2 Å². The van der Waals surface area contributed by atoms with Crippen LogP contribution in [-0.2, 0) is 20.0 Å². The first-order valence-corrected chi connectivity index (χ1v) is 29.8. The van der Waals surface area contributed by atoms with Crippen LogP contribution in [0.1, 0.15) is 252 Å². The molecular weight excluding hydrogens is 828 g/mol. The molecular formula is C45H90F6NO4PS2. The average molecular weight is 918 g/mol. The van der Waals surface area contributed by atoms with Gasteiger partial charge >= 0.3 is 11.0 Å². The van der Waals surface area contributed by atoms with Crippen LogP contribution in [-0.4, -0.2) is 53.0 Å². The molecule has 0 aromatic heterocycles. The first-order valence-electron chi connectivity index (χ1n) is 24.1. The van der Waals surface area contributed by atoms with E-state index in [0.29, 0.717) is 0 Å². The number of rotatable bonds is 41. The van der Waals surface area contributed by atoms with Crippen molar-refractivity contribution >= 4 is 27.3 Å². The molecule has 14 heteroatoms. The summed E-state index contributed by atoms with van der Waals surface area (Å²) in [4.78, 5) is 0. The zero-order chi connectivity index (χ0) is 44.8. The van der Waals surface area contributed by atoms with Crippen LogP contribution in [0.2, 0.25) is 0 Å². The lowest BCUT2D eigenvalue weighted by atomic mass is 10.1. The third kappa shape index (κ3) is 38.1. The van der Waals surface area contributed by atoms with E-state index in [0.717, 1.165) is 4.13 Å². The average Bonchev–Trinajstić information content (AvgIpc) is 3.15. The highest BCUT2D eigenvalue weighted by atomic mass is 32.3. The van der Waals surface area contributed by atoms with Gasteiger partial charge in [0.15, 0.2) is 20.0 Å². The van der Waals surface area contributed by atoms with Crippen LogP contribution in [0.3, 0.4) is 0 Å². The molecule has 0 heterocycles. The summed E-state index contributed by atoms with van der Waals surface area (Å²) in [5, 5.41) is 0. The van der Waals surface area contributed by atoms with Gasteiger partial charge in [-0.25, -0.2) is 16.8 Å². The molecule has 0 N–H and O–H groups in total. The van der Waals surface area contributed by atoms with Gasteiger partial charge in [-0.15, -0.1) is 0 Å². The molecule has 0 unspecified atom stereocenters. The minimum Gasteiger partial charge on any atom is -0.421 e. The van der Waals surface area contributed by atoms with E-state index < -0.39 is 38.3 Å². The van der Waals surface area contributed by atoms with Crippen molar-refractivity contribution in [1.82, 2.24) is 0 Å². The van der Waals surface area contributed by atoms with Gasteiger partial charge in [0, 0.05) is 13.9 Å². The van der Waals surface area contributed by atoms with E-state index in [1.54, 1.807) is 18.5 Å². The van der Waals surface area contributed by atoms with Gasteiger partial charge in [0.2, 0.25) is 0 Å². The van der Waals surface area contributed by atoms with E-state index in [4.69, 9.17) is 0 Å². The van der Waals surface area contributed by atoms with Gasteiger partial charge in [-0.1, -0.05) is 213 Å². The summed E-state index contributed by atoms with van der Waals surface area (Å²) < 4.78 is 109. The van der Waals surface area contributed by atoms with Gasteiger partial charge in [0.25, 0.3) is 0 Å². The maximum atomic E-state index is 11.4. The minimum absolute atomic E-state index is 0.709. The lowest BCUT2D eigenvalue weighted by molar-refractivity contribution is -0.0444. The monoisotopic (exact) mass is 918 g/mol. The van der Waals surface area contributed by atoms with Gasteiger partial charge in [-0.2, -0.15) is 26.3 Å². The molecule has 0 bridgehead atoms. The predicted molar refractivity (Wildman–Crippen MR) is 244 cm³/mol. The second-order valence-electron chi connectivity index (χ2n) is 17.4. The SMILES string of the molecule is CCCCCCCCCCCCCC[P+](C)(CCCCCCCCCCCCCC)CCCCCCCCCCCCCC.O=S(=O)([N-]S(=O)(=O)C(F)(F)F)C(F)(F)F. The molecule has 0 aliphatic heterocycles. The summed E-state index contributed by atoms with van der Waals surface area (Å²) in [7, 11) is -14.2. The normalized spacial score (nSPS) is 12.8. The second kappa shape index (κ2) is 38.3. The lowest BCUT2D eigenvalue weighted by Gasteiger charge is -2.24. The molecule has 0 radical (unpaired) electrons. The fourth-order valence-electron chi connectivity index (χ4n) is 7.55. The third-order valence-corrected chi connectivity index (χ3v) is 18.4. The van der Waals surface area contributed by atoms with E-state index in [2.05, 4.69) is 27.4 Å². The molecule has 0 aliphatic rings. The van der Waals surface area contributed by atoms with Gasteiger partial charge in [0.1, 0.15) is 0 Å². The number of hydrogen-bond acceptors (Lipinski definition) is 4. The van der Waals surface area contributed by atoms with Crippen molar-refractivity contribution in [1.29, 1.82) is 0 Å². The number of alkyl halides is 6. The van der Waals surface area contributed by atoms with Crippen molar-refractivity contribution in [3.63, 3.8) is 0 Å². The summed E-state index contributed by atoms with van der Waals surface area (Å²) in [6, 6.07) is 0. The zero-order valence-corrected chi connectivity index (χ0v) is 40.7. The van der Waals surface area contributed by atoms with Crippen LogP contribution in [0.15, 0.2) is 0 Å². The molecule has 358 valence electrons. The Hall–Kier alpha value is -0.130. The van der Waals surface area contributed by atoms with Gasteiger partial charge < -0.3 is 4.13 Å². The highest BCUT2D eigenvalue weighted by Gasteiger charge is 2.47. The molecule has 59 heavy (non-hydrogen) atoms. The fraction of sp³-hybridized carbons (Fsp3) is 1.00. The molecule has 0 spiro atoms. The van der Waals surface area contributed by atoms with E-state index in [1.807, 2.05) is 0 Å². The number of halogens is 6. The van der Waals surface area contributed by atoms with Crippen LogP contribution >= 0.6 is 7.26 Å². The molecule has 0 fully saturated rings. The van der Waals surface area contributed by atoms with E-state index in [1.165, 1.54) is 231 Å². The van der Waals surface area contributed by atoms with Crippen LogP contribution in [0.4, 0.5) is 26.3 Å². The Morgan fingerprint density at radius 2 is 0.475 bits per heavy atom. The number of sulfonamides is 2. The predicted octanol–water partition coefficient (Wildman–Crippen LogP) is 17.8. The van der Waals surface area contributed by atoms with Crippen LogP contribution in [0.25, 0.3) is 4.13 Å². The van der Waals surface area contributed by atoms with Gasteiger partial charge in [0.05, 0.1) is 18.5 Å². The van der Waals surface area contributed by atoms with E-state index in [9.17, 15) is 43.2 Å². The summed E-state index contributed by atoms with van der Waals surface area (Å²) in [6.45, 7) is 9.76. The van der Waals surface area contributed by atoms with Gasteiger partial charge in [-0.05, 0) is 38.5 Å². The van der Waals surface area contributed by atoms with E-state index >= 15 is 0 Å². The Labute approximate surface area is 361 Å². The number of nitrogens with zero attached hydrogens (tertiary/aromatic N) is 1. The summed E-state index contributed by atoms with van der Waals surface area (Å²) in [5.74, 6) is 0. The second-order valence-corrected chi connectivity index (χ2v) is 25.4. The highest BCUT2D eigenvalue weighted by Crippen LogP contribution is 2.57. The molecule has 0 atom stereocenters. The van der Waals surface area contributed by atoms with Crippen molar-refractivity contribution in [3.8, 4) is 0 Å². The van der Waals surface area contributed by atoms with Crippen molar-refractivity contribution in [2.45, 2.75) is 263 Å². The Kier molecular flexibility index (Phi) is 39.6. The Balaban J connectivity index is 0. The maximum Gasteiger partial charge on any atom is 0.480 e. The fourth-order valence-corrected chi connectivity index (χ4v) is 12.9. The highest BCUT2D eigenvalue weighted by molar-refractivity contribution is 8.13. The number of unbranched alkanes of at least 4 members (excludes halogenated alkanes) is 33. The maximum absolute atomic E-state index is 11.4. The first-order chi connectivity index (χ1) is 27.9. The van der Waals surface area contributed by atoms with Crippen LogP contribution in [0.5, 0.6) is 0 Å². The van der Waals surface area contributed by atoms with Crippen LogP contribution < -0.4 is 0 Å². The molecule has 5 nitrogen and oxygen atoms in total. The Morgan fingerprint density at radius 1 is 0.322 bits per heavy atom. The standard InChI is InChI=1S/C43H90P.C2F6NO4S2/c1-5-8-11-14-17-20-23-26-29-32-35-38-41-44(4,42-39-36-33-30-27-24-21-18-15-12-9-6-2)43-40-37-34-31-28-25-22-19-16-13-10-7-3;3-1(4,5)14(10,11)9-15(12,13)2(6,7)8/h5-43H2,1-4H3;/q+1;-1. The third-order valence-electron chi connectivity index (χ3n) is 11.4. The molecule has 0 aromatic carbocycles. The molecule has 0 saturated carbocycles. The van der Waals surface area contributed by atoms with E-state index in [-0.39, 0.29) is 0 Å². The molecule has 0 aliphatic carbocycles. The van der Waals surface area contributed by atoms with Crippen molar-refractivity contribution < 1.29 is 43.2 Å². The molecule has 0 saturated heterocycles. The van der Waals surface area contributed by atoms with Gasteiger partial charge in [-0.3, -0.25) is 0 Å². The smallest absolute Gasteiger partial charge is 0.421 e. The molecule has 0 rings (SSSR count). The lowest BCUT2D eigenvalue weighted by Crippen LogP contribution is -2.30. The largest absolute Gasteiger partial charge is 0.480 e. The molecule has 0 aromatic rings. The summed E-state index contributed by atoms with van der Waals surface area (Å²) >= 11 is 0. The van der Waals surface area contributed by atoms with Crippen molar-refractivity contribution in [2.24, 2.45) is 0 Å². The zero-order valence-electron chi connectivity index (χ0n) is 38.2. The quantitative estimate of drug-likeness (QED) is 0.0347. The minimum atomic E-state index is -6.72. The number of hydrogen-bond donors (Lipinski definition) is 0.